The molecule has 1 N–H and O–H groups in total. The number of benzene rings is 1. The number of hydrogen-bond donors (Lipinski definition) is 1. The number of hydrazone groups is 1. The number of aryl methyl sites for hydroxylation is 2. The highest BCUT2D eigenvalue weighted by atomic mass is 32.2. The van der Waals surface area contributed by atoms with E-state index in [4.69, 9.17) is 0 Å². The van der Waals surface area contributed by atoms with E-state index in [-0.39, 0.29) is 36.0 Å². The fraction of sp³-hybridized carbons (Fsp3) is 0.400. The Kier molecular flexibility index (Phi) is 5.46. The van der Waals surface area contributed by atoms with Crippen molar-refractivity contribution in [2.75, 3.05) is 16.8 Å². The van der Waals surface area contributed by atoms with E-state index in [1.807, 2.05) is 31.4 Å². The third-order valence-corrected chi connectivity index (χ3v) is 7.77. The Hall–Kier alpha value is -2.59. The number of aromatic nitrogens is 1. The normalized spacial score (nSPS) is 20.9. The maximum atomic E-state index is 12.7. The minimum Gasteiger partial charge on any atom is -0.297 e. The summed E-state index contributed by atoms with van der Waals surface area (Å²) < 4.78 is 23.5. The van der Waals surface area contributed by atoms with E-state index in [2.05, 4.69) is 21.5 Å². The first-order chi connectivity index (χ1) is 14.2. The predicted octanol–water partition coefficient (Wildman–Crippen LogP) is 2.53. The summed E-state index contributed by atoms with van der Waals surface area (Å²) in [6, 6.07) is 5.61. The lowest BCUT2D eigenvalue weighted by atomic mass is 10.0. The summed E-state index contributed by atoms with van der Waals surface area (Å²) in [6.07, 6.45) is 0.697. The lowest BCUT2D eigenvalue weighted by molar-refractivity contribution is -0.133. The van der Waals surface area contributed by atoms with Gasteiger partial charge in [-0.1, -0.05) is 23.8 Å². The Morgan fingerprint density at radius 2 is 2.07 bits per heavy atom. The molecule has 0 aliphatic carbocycles. The first-order valence-electron chi connectivity index (χ1n) is 9.66. The van der Waals surface area contributed by atoms with Crippen LogP contribution in [0, 0.1) is 13.8 Å². The van der Waals surface area contributed by atoms with E-state index < -0.39 is 21.8 Å². The minimum absolute atomic E-state index is 0.0405. The smallest absolute Gasteiger partial charge is 0.273 e. The predicted molar refractivity (Wildman–Crippen MR) is 116 cm³/mol. The molecule has 0 saturated carbocycles. The van der Waals surface area contributed by atoms with Gasteiger partial charge in [-0.25, -0.2) is 18.4 Å². The summed E-state index contributed by atoms with van der Waals surface area (Å²) in [5.74, 6) is -0.739. The standard InChI is InChI=1S/C20H22N4O4S2/c1-12-3-4-15(13(2)9-12)17-10-29-20(21-17)22-19(26)16-5-6-18(25)24(23-16)14-7-8-30(27,28)11-14/h3-4,9-10,14H,5-8,11H2,1-2H3,(H,21,22,26)/t14-/m1/s1. The van der Waals surface area contributed by atoms with Crippen molar-refractivity contribution in [3.05, 3.63) is 34.7 Å². The highest BCUT2D eigenvalue weighted by molar-refractivity contribution is 7.91. The van der Waals surface area contributed by atoms with Gasteiger partial charge in [0.25, 0.3) is 5.91 Å². The highest BCUT2D eigenvalue weighted by Crippen LogP contribution is 2.28. The van der Waals surface area contributed by atoms with Gasteiger partial charge in [0, 0.05) is 23.8 Å². The van der Waals surface area contributed by atoms with Crippen molar-refractivity contribution < 1.29 is 18.0 Å². The molecule has 0 unspecified atom stereocenters. The maximum Gasteiger partial charge on any atom is 0.273 e. The molecule has 0 bridgehead atoms. The van der Waals surface area contributed by atoms with Gasteiger partial charge in [-0.15, -0.1) is 11.3 Å². The number of hydrogen-bond acceptors (Lipinski definition) is 7. The first-order valence-corrected chi connectivity index (χ1v) is 12.4. The third-order valence-electron chi connectivity index (χ3n) is 5.26. The molecule has 30 heavy (non-hydrogen) atoms. The molecule has 2 aromatic rings. The number of amides is 2. The second-order valence-electron chi connectivity index (χ2n) is 7.65. The second-order valence-corrected chi connectivity index (χ2v) is 10.7. The van der Waals surface area contributed by atoms with Crippen molar-refractivity contribution in [2.24, 2.45) is 5.10 Å². The van der Waals surface area contributed by atoms with Crippen molar-refractivity contribution in [1.82, 2.24) is 9.99 Å². The Bertz CT molecular complexity index is 1150. The topological polar surface area (TPSA) is 109 Å². The van der Waals surface area contributed by atoms with Gasteiger partial charge in [-0.05, 0) is 25.8 Å². The Morgan fingerprint density at radius 3 is 2.77 bits per heavy atom. The Labute approximate surface area is 178 Å². The van der Waals surface area contributed by atoms with Crippen LogP contribution in [0.15, 0.2) is 28.7 Å². The van der Waals surface area contributed by atoms with Crippen LogP contribution in [-0.2, 0) is 19.4 Å². The van der Waals surface area contributed by atoms with Crippen LogP contribution in [0.3, 0.4) is 0 Å². The zero-order valence-electron chi connectivity index (χ0n) is 16.7. The third kappa shape index (κ3) is 4.29. The van der Waals surface area contributed by atoms with Crippen molar-refractivity contribution >= 4 is 43.8 Å². The van der Waals surface area contributed by atoms with Crippen LogP contribution in [0.25, 0.3) is 11.3 Å². The Balaban J connectivity index is 1.49. The Morgan fingerprint density at radius 1 is 1.27 bits per heavy atom. The average molecular weight is 447 g/mol. The molecule has 158 valence electrons. The van der Waals surface area contributed by atoms with Crippen LogP contribution >= 0.6 is 11.3 Å². The zero-order chi connectivity index (χ0) is 21.5. The average Bonchev–Trinajstić information content (AvgIpc) is 3.28. The van der Waals surface area contributed by atoms with Gasteiger partial charge in [-0.2, -0.15) is 5.10 Å². The number of carbonyl (C=O) groups excluding carboxylic acids is 2. The molecule has 3 heterocycles. The highest BCUT2D eigenvalue weighted by Gasteiger charge is 2.37. The molecular formula is C20H22N4O4S2. The molecule has 8 nitrogen and oxygen atoms in total. The summed E-state index contributed by atoms with van der Waals surface area (Å²) in [6.45, 7) is 4.05. The van der Waals surface area contributed by atoms with Crippen LogP contribution in [0.5, 0.6) is 0 Å². The molecule has 2 amide bonds. The number of anilines is 1. The SMILES string of the molecule is Cc1ccc(-c2csc(NC(=O)C3=NN([C@@H]4CCS(=O)(=O)C4)C(=O)CC3)n2)c(C)c1. The molecule has 1 fully saturated rings. The van der Waals surface area contributed by atoms with E-state index in [0.717, 1.165) is 16.8 Å². The minimum atomic E-state index is -3.16. The zero-order valence-corrected chi connectivity index (χ0v) is 18.3. The van der Waals surface area contributed by atoms with Crippen molar-refractivity contribution in [3.8, 4) is 11.3 Å². The van der Waals surface area contributed by atoms with Crippen LogP contribution < -0.4 is 5.32 Å². The quantitative estimate of drug-likeness (QED) is 0.776. The monoisotopic (exact) mass is 446 g/mol. The van der Waals surface area contributed by atoms with Crippen LogP contribution in [0.2, 0.25) is 0 Å². The number of sulfone groups is 1. The summed E-state index contributed by atoms with van der Waals surface area (Å²) in [7, 11) is -3.16. The molecule has 0 spiro atoms. The van der Waals surface area contributed by atoms with Gasteiger partial charge in [0.15, 0.2) is 15.0 Å². The van der Waals surface area contributed by atoms with E-state index in [9.17, 15) is 18.0 Å². The fourth-order valence-corrected chi connectivity index (χ4v) is 6.11. The van der Waals surface area contributed by atoms with E-state index in [0.29, 0.717) is 11.6 Å². The van der Waals surface area contributed by atoms with Crippen LogP contribution in [0.1, 0.15) is 30.4 Å². The van der Waals surface area contributed by atoms with Crippen LogP contribution in [0.4, 0.5) is 5.13 Å². The van der Waals surface area contributed by atoms with Crippen molar-refractivity contribution in [1.29, 1.82) is 0 Å². The first kappa shape index (κ1) is 20.7. The molecular weight excluding hydrogens is 424 g/mol. The van der Waals surface area contributed by atoms with Crippen molar-refractivity contribution in [2.45, 2.75) is 39.2 Å². The number of thiazole rings is 1. The molecule has 1 aromatic carbocycles. The largest absolute Gasteiger partial charge is 0.297 e. The number of nitrogens with zero attached hydrogens (tertiary/aromatic N) is 3. The van der Waals surface area contributed by atoms with Crippen LogP contribution in [-0.4, -0.2) is 53.5 Å². The summed E-state index contributed by atoms with van der Waals surface area (Å²) in [5, 5.41) is 10.5. The number of carbonyl (C=O) groups is 2. The lowest BCUT2D eigenvalue weighted by Gasteiger charge is -2.27. The molecule has 4 rings (SSSR count). The second kappa shape index (κ2) is 7.92. The van der Waals surface area contributed by atoms with Crippen molar-refractivity contribution in [3.63, 3.8) is 0 Å². The summed E-state index contributed by atoms with van der Waals surface area (Å²) in [4.78, 5) is 29.4. The molecule has 1 atom stereocenters. The molecule has 2 aliphatic heterocycles. The maximum absolute atomic E-state index is 12.7. The summed E-state index contributed by atoms with van der Waals surface area (Å²) in [5.41, 5.74) is 4.28. The van der Waals surface area contributed by atoms with Gasteiger partial charge in [0.05, 0.1) is 23.2 Å². The molecule has 1 saturated heterocycles. The van der Waals surface area contributed by atoms with E-state index in [1.165, 1.54) is 21.9 Å². The van der Waals surface area contributed by atoms with E-state index >= 15 is 0 Å². The van der Waals surface area contributed by atoms with Gasteiger partial charge in [0.1, 0.15) is 5.71 Å². The van der Waals surface area contributed by atoms with Gasteiger partial charge < -0.3 is 0 Å². The molecule has 10 heteroatoms. The number of rotatable bonds is 4. The molecule has 0 radical (unpaired) electrons. The van der Waals surface area contributed by atoms with Gasteiger partial charge in [0.2, 0.25) is 5.91 Å². The van der Waals surface area contributed by atoms with Gasteiger partial charge >= 0.3 is 0 Å². The summed E-state index contributed by atoms with van der Waals surface area (Å²) >= 11 is 1.32. The van der Waals surface area contributed by atoms with E-state index in [1.54, 1.807) is 0 Å². The number of nitrogens with one attached hydrogen (secondary N) is 1. The fourth-order valence-electron chi connectivity index (χ4n) is 3.71. The lowest BCUT2D eigenvalue weighted by Crippen LogP contribution is -2.42. The van der Waals surface area contributed by atoms with Gasteiger partial charge in [-0.3, -0.25) is 14.9 Å². The molecule has 2 aliphatic rings. The molecule has 1 aromatic heterocycles.